The summed E-state index contributed by atoms with van der Waals surface area (Å²) in [6.07, 6.45) is -0.0652. The minimum Gasteiger partial charge on any atom is -0.497 e. The van der Waals surface area contributed by atoms with Gasteiger partial charge in [-0.2, -0.15) is 0 Å². The molecule has 2 rings (SSSR count). The molecule has 2 aromatic carbocycles. The zero-order chi connectivity index (χ0) is 29.5. The zero-order valence-electron chi connectivity index (χ0n) is 25.0. The monoisotopic (exact) mass is 539 g/mol. The first kappa shape index (κ1) is 31.7. The van der Waals surface area contributed by atoms with Crippen LogP contribution in [0.4, 0.5) is 10.5 Å². The average molecular weight is 540 g/mol. The summed E-state index contributed by atoms with van der Waals surface area (Å²) < 4.78 is 10.7. The van der Waals surface area contributed by atoms with E-state index in [0.29, 0.717) is 17.9 Å². The molecule has 2 aromatic rings. The second kappa shape index (κ2) is 13.5. The Morgan fingerprint density at radius 2 is 1.59 bits per heavy atom. The molecule has 39 heavy (non-hydrogen) atoms. The van der Waals surface area contributed by atoms with Gasteiger partial charge in [-0.25, -0.2) is 4.79 Å². The maximum Gasteiger partial charge on any atom is 0.408 e. The average Bonchev–Trinajstić information content (AvgIpc) is 2.84. The summed E-state index contributed by atoms with van der Waals surface area (Å²) in [6, 6.07) is 10.8. The van der Waals surface area contributed by atoms with Crippen molar-refractivity contribution >= 4 is 23.6 Å². The van der Waals surface area contributed by atoms with Gasteiger partial charge in [-0.3, -0.25) is 9.59 Å². The van der Waals surface area contributed by atoms with Gasteiger partial charge in [0.25, 0.3) is 5.91 Å². The Balaban J connectivity index is 2.59. The van der Waals surface area contributed by atoms with E-state index in [1.54, 1.807) is 57.0 Å². The molecule has 0 aliphatic carbocycles. The third-order valence-corrected chi connectivity index (χ3v) is 6.53. The maximum absolute atomic E-state index is 14.3. The molecule has 8 heteroatoms. The van der Waals surface area contributed by atoms with E-state index >= 15 is 0 Å². The molecular formula is C31H45N3O5. The molecule has 2 N–H and O–H groups in total. The largest absolute Gasteiger partial charge is 0.497 e. The molecule has 0 saturated heterocycles. The molecule has 0 fully saturated rings. The van der Waals surface area contributed by atoms with E-state index in [1.165, 1.54) is 0 Å². The molecule has 0 heterocycles. The number of aryl methyl sites for hydroxylation is 2. The topological polar surface area (TPSA) is 97.0 Å². The molecule has 0 aliphatic rings. The van der Waals surface area contributed by atoms with Crippen LogP contribution in [0.5, 0.6) is 5.75 Å². The van der Waals surface area contributed by atoms with Gasteiger partial charge < -0.3 is 25.0 Å². The number of alkyl carbamates (subject to hydrolysis) is 1. The van der Waals surface area contributed by atoms with Crippen LogP contribution in [0.2, 0.25) is 0 Å². The maximum atomic E-state index is 14.3. The minimum atomic E-state index is -0.933. The summed E-state index contributed by atoms with van der Waals surface area (Å²) in [5.41, 5.74) is 2.54. The zero-order valence-corrected chi connectivity index (χ0v) is 25.0. The highest BCUT2D eigenvalue weighted by molar-refractivity contribution is 5.99. The van der Waals surface area contributed by atoms with Crippen molar-refractivity contribution in [1.29, 1.82) is 0 Å². The molecule has 0 aliphatic heterocycles. The number of nitrogens with one attached hydrogen (secondary N) is 2. The van der Waals surface area contributed by atoms with E-state index in [0.717, 1.165) is 16.7 Å². The predicted octanol–water partition coefficient (Wildman–Crippen LogP) is 6.17. The lowest BCUT2D eigenvalue weighted by atomic mass is 9.93. The number of hydrogen-bond acceptors (Lipinski definition) is 5. The Bertz CT molecular complexity index is 1140. The van der Waals surface area contributed by atoms with Crippen molar-refractivity contribution in [3.63, 3.8) is 0 Å². The predicted molar refractivity (Wildman–Crippen MR) is 155 cm³/mol. The van der Waals surface area contributed by atoms with Gasteiger partial charge in [0.2, 0.25) is 5.91 Å². The molecule has 0 aromatic heterocycles. The second-order valence-electron chi connectivity index (χ2n) is 11.4. The number of amides is 3. The number of nitrogens with zero attached hydrogens (tertiary/aromatic N) is 1. The summed E-state index contributed by atoms with van der Waals surface area (Å²) in [4.78, 5) is 42.6. The standard InChI is InChI=1S/C31H45N3O5/c1-11-22(6)34(29(36)26(19(2)3)33-30(37)39-31(7,8)9)27(25-17-12-20(4)18-21(25)5)28(35)32-23-13-15-24(38-10)16-14-23/h12-19,22,26-27H,11H2,1-10H3,(H,32,35)(H,33,37). The fourth-order valence-electron chi connectivity index (χ4n) is 4.34. The van der Waals surface area contributed by atoms with E-state index in [4.69, 9.17) is 9.47 Å². The van der Waals surface area contributed by atoms with Crippen LogP contribution in [0, 0.1) is 19.8 Å². The Labute approximate surface area is 233 Å². The Kier molecular flexibility index (Phi) is 11.0. The van der Waals surface area contributed by atoms with Crippen LogP contribution in [-0.2, 0) is 14.3 Å². The van der Waals surface area contributed by atoms with Gasteiger partial charge in [-0.1, -0.05) is 44.5 Å². The van der Waals surface area contributed by atoms with Gasteiger partial charge in [0.15, 0.2) is 0 Å². The summed E-state index contributed by atoms with van der Waals surface area (Å²) in [7, 11) is 1.58. The van der Waals surface area contributed by atoms with Crippen LogP contribution >= 0.6 is 0 Å². The van der Waals surface area contributed by atoms with Gasteiger partial charge in [-0.05, 0) is 89.3 Å². The number of hydrogen-bond donors (Lipinski definition) is 2. The van der Waals surface area contributed by atoms with Crippen molar-refractivity contribution in [3.8, 4) is 5.75 Å². The molecule has 214 valence electrons. The SMILES string of the molecule is CCC(C)N(C(=O)C(NC(=O)OC(C)(C)C)C(C)C)C(C(=O)Nc1ccc(OC)cc1)c1ccc(C)cc1C. The molecule has 8 nitrogen and oxygen atoms in total. The van der Waals surface area contributed by atoms with E-state index in [2.05, 4.69) is 10.6 Å². The normalized spacial score (nSPS) is 13.7. The first-order valence-electron chi connectivity index (χ1n) is 13.5. The minimum absolute atomic E-state index is 0.249. The highest BCUT2D eigenvalue weighted by Crippen LogP contribution is 2.31. The van der Waals surface area contributed by atoms with Crippen LogP contribution < -0.4 is 15.4 Å². The molecule has 3 amide bonds. The van der Waals surface area contributed by atoms with Crippen molar-refractivity contribution in [2.24, 2.45) is 5.92 Å². The van der Waals surface area contributed by atoms with Gasteiger partial charge in [0, 0.05) is 11.7 Å². The molecular weight excluding hydrogens is 494 g/mol. The lowest BCUT2D eigenvalue weighted by molar-refractivity contribution is -0.144. The van der Waals surface area contributed by atoms with Gasteiger partial charge >= 0.3 is 6.09 Å². The number of methoxy groups -OCH3 is 1. The van der Waals surface area contributed by atoms with Crippen LogP contribution in [-0.4, -0.2) is 47.6 Å². The molecule has 0 saturated carbocycles. The van der Waals surface area contributed by atoms with Crippen LogP contribution in [0.15, 0.2) is 42.5 Å². The van der Waals surface area contributed by atoms with E-state index < -0.39 is 23.8 Å². The highest BCUT2D eigenvalue weighted by atomic mass is 16.6. The van der Waals surface area contributed by atoms with Crippen LogP contribution in [0.1, 0.15) is 77.6 Å². The number of rotatable bonds is 10. The van der Waals surface area contributed by atoms with Crippen molar-refractivity contribution in [2.45, 2.75) is 92.5 Å². The Morgan fingerprint density at radius 3 is 2.08 bits per heavy atom. The first-order valence-corrected chi connectivity index (χ1v) is 13.5. The quantitative estimate of drug-likeness (QED) is 0.376. The molecule has 0 spiro atoms. The molecule has 0 radical (unpaired) electrons. The summed E-state index contributed by atoms with van der Waals surface area (Å²) in [6.45, 7) is 16.8. The lowest BCUT2D eigenvalue weighted by Crippen LogP contribution is -2.56. The van der Waals surface area contributed by atoms with E-state index in [1.807, 2.05) is 59.7 Å². The molecule has 0 bridgehead atoms. The fraction of sp³-hybridized carbons (Fsp3) is 0.516. The smallest absolute Gasteiger partial charge is 0.408 e. The van der Waals surface area contributed by atoms with Crippen molar-refractivity contribution in [1.82, 2.24) is 10.2 Å². The van der Waals surface area contributed by atoms with E-state index in [-0.39, 0.29) is 23.8 Å². The van der Waals surface area contributed by atoms with Crippen molar-refractivity contribution in [3.05, 3.63) is 59.2 Å². The van der Waals surface area contributed by atoms with Gasteiger partial charge in [-0.15, -0.1) is 0 Å². The summed E-state index contributed by atoms with van der Waals surface area (Å²) >= 11 is 0. The number of carbonyl (C=O) groups is 3. The third-order valence-electron chi connectivity index (χ3n) is 6.53. The van der Waals surface area contributed by atoms with Crippen molar-refractivity contribution in [2.75, 3.05) is 12.4 Å². The van der Waals surface area contributed by atoms with Crippen molar-refractivity contribution < 1.29 is 23.9 Å². The molecule has 3 atom stereocenters. The van der Waals surface area contributed by atoms with Gasteiger partial charge in [0.1, 0.15) is 23.4 Å². The fourth-order valence-corrected chi connectivity index (χ4v) is 4.34. The highest BCUT2D eigenvalue weighted by Gasteiger charge is 2.40. The number of ether oxygens (including phenoxy) is 2. The second-order valence-corrected chi connectivity index (χ2v) is 11.4. The first-order chi connectivity index (χ1) is 18.2. The lowest BCUT2D eigenvalue weighted by Gasteiger charge is -2.39. The number of benzene rings is 2. The summed E-state index contributed by atoms with van der Waals surface area (Å²) in [5.74, 6) is -0.273. The Hall–Kier alpha value is -3.55. The number of anilines is 1. The van der Waals surface area contributed by atoms with E-state index in [9.17, 15) is 14.4 Å². The Morgan fingerprint density at radius 1 is 0.974 bits per heavy atom. The summed E-state index contributed by atoms with van der Waals surface area (Å²) in [5, 5.41) is 5.75. The molecule has 3 unspecified atom stereocenters. The van der Waals surface area contributed by atoms with Crippen LogP contribution in [0.3, 0.4) is 0 Å². The number of carbonyl (C=O) groups excluding carboxylic acids is 3. The third kappa shape index (κ3) is 8.73. The van der Waals surface area contributed by atoms with Crippen LogP contribution in [0.25, 0.3) is 0 Å². The van der Waals surface area contributed by atoms with Gasteiger partial charge in [0.05, 0.1) is 7.11 Å².